The van der Waals surface area contributed by atoms with Crippen LogP contribution in [0, 0.1) is 0 Å². The third kappa shape index (κ3) is 6.24. The highest BCUT2D eigenvalue weighted by Gasteiger charge is 2.37. The molecular weight excluding hydrogens is 410 g/mol. The monoisotopic (exact) mass is 443 g/mol. The van der Waals surface area contributed by atoms with E-state index in [-0.39, 0.29) is 41.6 Å². The Balaban J connectivity index is 1.90. The molecule has 2 aliphatic rings. The number of nitrogens with two attached hydrogens (primary N) is 2. The van der Waals surface area contributed by atoms with Gasteiger partial charge in [0.05, 0.1) is 6.17 Å². The smallest absolute Gasteiger partial charge is 0.303 e. The lowest BCUT2D eigenvalue weighted by atomic mass is 10.0. The van der Waals surface area contributed by atoms with Crippen LogP contribution in [0.3, 0.4) is 0 Å². The normalized spacial score (nSPS) is 30.0. The molecule has 2 rings (SSSR count). The fourth-order valence-corrected chi connectivity index (χ4v) is 4.02. The second-order valence-corrected chi connectivity index (χ2v) is 8.18. The zero-order valence-electron chi connectivity index (χ0n) is 17.7. The number of hydrogen-bond acceptors (Lipinski definition) is 8. The number of rotatable bonds is 9. The summed E-state index contributed by atoms with van der Waals surface area (Å²) in [7, 11) is 0. The Morgan fingerprint density at radius 2 is 2.03 bits per heavy atom. The molecule has 2 heterocycles. The van der Waals surface area contributed by atoms with Crippen LogP contribution >= 0.6 is 11.6 Å². The van der Waals surface area contributed by atoms with Crippen LogP contribution in [-0.4, -0.2) is 65.4 Å². The van der Waals surface area contributed by atoms with E-state index in [1.807, 2.05) is 6.92 Å². The fourth-order valence-electron chi connectivity index (χ4n) is 3.85. The number of carboxylic acid groups (broad SMARTS) is 1. The van der Waals surface area contributed by atoms with E-state index >= 15 is 0 Å². The molecule has 170 valence electrons. The first kappa shape index (κ1) is 24.3. The summed E-state index contributed by atoms with van der Waals surface area (Å²) in [5, 5.41) is 21.1. The molecule has 10 nitrogen and oxygen atoms in total. The van der Waals surface area contributed by atoms with Crippen molar-refractivity contribution in [3.05, 3.63) is 22.6 Å². The van der Waals surface area contributed by atoms with E-state index < -0.39 is 18.2 Å². The van der Waals surface area contributed by atoms with Crippen molar-refractivity contribution in [3.8, 4) is 0 Å². The first-order chi connectivity index (χ1) is 14.1. The largest absolute Gasteiger partial charge is 0.481 e. The Hall–Kier alpha value is -2.01. The van der Waals surface area contributed by atoms with Crippen molar-refractivity contribution in [2.45, 2.75) is 70.5 Å². The maximum Gasteiger partial charge on any atom is 0.303 e. The molecule has 0 aromatic rings. The first-order valence-corrected chi connectivity index (χ1v) is 10.6. The molecule has 0 aromatic carbocycles. The van der Waals surface area contributed by atoms with Gasteiger partial charge in [0.15, 0.2) is 0 Å². The molecule has 5 atom stereocenters. The predicted octanol–water partition coefficient (Wildman–Crippen LogP) is -0.518. The van der Waals surface area contributed by atoms with Crippen LogP contribution < -0.4 is 32.7 Å². The molecule has 1 saturated heterocycles. The summed E-state index contributed by atoms with van der Waals surface area (Å²) in [6.45, 7) is 7.44. The van der Waals surface area contributed by atoms with Crippen LogP contribution in [0.5, 0.6) is 0 Å². The number of carboxylic acids is 1. The van der Waals surface area contributed by atoms with Crippen molar-refractivity contribution in [1.82, 2.24) is 26.2 Å². The number of nitrogens with zero attached hydrogens (tertiary/aromatic N) is 1. The van der Waals surface area contributed by atoms with E-state index in [2.05, 4.69) is 46.1 Å². The summed E-state index contributed by atoms with van der Waals surface area (Å²) >= 11 is 5.97. The Morgan fingerprint density at radius 3 is 2.67 bits per heavy atom. The molecule has 0 aromatic heterocycles. The van der Waals surface area contributed by atoms with Gasteiger partial charge in [-0.25, -0.2) is 0 Å². The van der Waals surface area contributed by atoms with Gasteiger partial charge in [0.25, 0.3) is 0 Å². The number of carbonyl (C=O) groups excluding carboxylic acids is 1. The van der Waals surface area contributed by atoms with Gasteiger partial charge in [-0.1, -0.05) is 30.2 Å². The minimum Gasteiger partial charge on any atom is -0.481 e. The number of halogens is 1. The number of allylic oxidation sites excluding steroid dienone is 1. The summed E-state index contributed by atoms with van der Waals surface area (Å²) in [5.41, 5.74) is 12.7. The van der Waals surface area contributed by atoms with Crippen molar-refractivity contribution < 1.29 is 14.7 Å². The van der Waals surface area contributed by atoms with Gasteiger partial charge in [0, 0.05) is 25.0 Å². The van der Waals surface area contributed by atoms with E-state index in [1.165, 1.54) is 0 Å². The van der Waals surface area contributed by atoms with Crippen LogP contribution in [-0.2, 0) is 9.59 Å². The van der Waals surface area contributed by atoms with Crippen LogP contribution in [0.4, 0.5) is 0 Å². The van der Waals surface area contributed by atoms with E-state index in [1.54, 1.807) is 0 Å². The van der Waals surface area contributed by atoms with Gasteiger partial charge in [-0.05, 0) is 33.2 Å². The highest BCUT2D eigenvalue weighted by atomic mass is 35.5. The van der Waals surface area contributed by atoms with Gasteiger partial charge in [0.2, 0.25) is 5.91 Å². The molecule has 2 aliphatic heterocycles. The number of aliphatic carboxylic acids is 1. The quantitative estimate of drug-likeness (QED) is 0.184. The molecule has 1 amide bonds. The van der Waals surface area contributed by atoms with Crippen molar-refractivity contribution in [2.75, 3.05) is 13.1 Å². The highest BCUT2D eigenvalue weighted by Crippen LogP contribution is 2.20. The van der Waals surface area contributed by atoms with Gasteiger partial charge in [-0.15, -0.1) is 0 Å². The van der Waals surface area contributed by atoms with E-state index in [0.717, 1.165) is 18.5 Å². The molecule has 0 aliphatic carbocycles. The summed E-state index contributed by atoms with van der Waals surface area (Å²) in [5.74, 6) is -0.838. The fraction of sp³-hybridized carbons (Fsp3) is 0.684. The Morgan fingerprint density at radius 1 is 1.33 bits per heavy atom. The lowest BCUT2D eigenvalue weighted by Crippen LogP contribution is -2.64. The van der Waals surface area contributed by atoms with Crippen LogP contribution in [0.1, 0.15) is 40.0 Å². The van der Waals surface area contributed by atoms with E-state index in [0.29, 0.717) is 13.0 Å². The maximum atomic E-state index is 12.6. The zero-order valence-corrected chi connectivity index (χ0v) is 18.5. The zero-order chi connectivity index (χ0) is 22.4. The SMILES string of the molecule is CCN1C(CNC(=O)C2NC(Cl)=C(N)NC2N)NC(C/C=C(\C)CCC(=O)O)C1C. The molecule has 30 heavy (non-hydrogen) atoms. The van der Waals surface area contributed by atoms with Gasteiger partial charge in [-0.2, -0.15) is 0 Å². The van der Waals surface area contributed by atoms with E-state index in [4.69, 9.17) is 28.2 Å². The molecular formula is C19H34ClN7O3. The summed E-state index contributed by atoms with van der Waals surface area (Å²) in [4.78, 5) is 25.6. The molecule has 1 fully saturated rings. The lowest BCUT2D eigenvalue weighted by Gasteiger charge is -2.32. The summed E-state index contributed by atoms with van der Waals surface area (Å²) < 4.78 is 0. The Labute approximate surface area is 182 Å². The molecule has 0 bridgehead atoms. The minimum absolute atomic E-state index is 0.0180. The molecule has 0 saturated carbocycles. The van der Waals surface area contributed by atoms with Gasteiger partial charge in [-0.3, -0.25) is 19.8 Å². The van der Waals surface area contributed by atoms with Crippen LogP contribution in [0.2, 0.25) is 0 Å². The minimum atomic E-state index is -0.787. The average molecular weight is 444 g/mol. The van der Waals surface area contributed by atoms with E-state index in [9.17, 15) is 9.59 Å². The van der Waals surface area contributed by atoms with Crippen molar-refractivity contribution in [3.63, 3.8) is 0 Å². The maximum absolute atomic E-state index is 12.6. The second kappa shape index (κ2) is 10.9. The third-order valence-corrected chi connectivity index (χ3v) is 6.00. The molecule has 9 N–H and O–H groups in total. The summed E-state index contributed by atoms with van der Waals surface area (Å²) in [6.07, 6.45) is 2.89. The Kier molecular flexibility index (Phi) is 8.78. The predicted molar refractivity (Wildman–Crippen MR) is 116 cm³/mol. The van der Waals surface area contributed by atoms with Crippen LogP contribution in [0.15, 0.2) is 22.6 Å². The van der Waals surface area contributed by atoms with Crippen molar-refractivity contribution in [2.24, 2.45) is 11.5 Å². The van der Waals surface area contributed by atoms with Gasteiger partial charge >= 0.3 is 5.97 Å². The first-order valence-electron chi connectivity index (χ1n) is 10.2. The number of amides is 1. The van der Waals surface area contributed by atoms with Gasteiger partial charge < -0.3 is 32.5 Å². The van der Waals surface area contributed by atoms with Crippen molar-refractivity contribution >= 4 is 23.5 Å². The molecule has 0 radical (unpaired) electrons. The number of likely N-dealkylation sites (N-methyl/N-ethyl adjacent to an activating group) is 1. The van der Waals surface area contributed by atoms with Crippen molar-refractivity contribution in [1.29, 1.82) is 0 Å². The summed E-state index contributed by atoms with van der Waals surface area (Å²) in [6, 6.07) is -0.246. The second-order valence-electron chi connectivity index (χ2n) is 7.80. The molecule has 5 unspecified atom stereocenters. The van der Waals surface area contributed by atoms with Crippen LogP contribution in [0.25, 0.3) is 0 Å². The molecule has 0 spiro atoms. The topological polar surface area (TPSA) is 158 Å². The lowest BCUT2D eigenvalue weighted by molar-refractivity contribution is -0.137. The standard InChI is InChI=1S/C19H34ClN7O3/c1-4-27-11(3)12(7-5-10(2)6-8-14(28)29)24-13(27)9-23-19(30)15-17(21)26-18(22)16(20)25-15/h5,11-13,15,17,24-26H,4,6-9,21-22H2,1-3H3,(H,23,30)(H,28,29)/b10-5+. The number of carbonyl (C=O) groups is 2. The number of nitrogens with one attached hydrogen (secondary N) is 4. The number of hydrogen-bond donors (Lipinski definition) is 7. The average Bonchev–Trinajstić information content (AvgIpc) is 3.00. The highest BCUT2D eigenvalue weighted by molar-refractivity contribution is 6.29. The molecule has 11 heteroatoms. The van der Waals surface area contributed by atoms with Gasteiger partial charge in [0.1, 0.15) is 23.2 Å². The Bertz CT molecular complexity index is 700. The third-order valence-electron chi connectivity index (χ3n) is 5.68.